The van der Waals surface area contributed by atoms with Gasteiger partial charge in [-0.2, -0.15) is 8.42 Å². The highest BCUT2D eigenvalue weighted by atomic mass is 32.2. The number of amides is 1. The van der Waals surface area contributed by atoms with Crippen LogP contribution in [0.4, 0.5) is 0 Å². The molecule has 0 bridgehead atoms. The molecule has 0 aromatic rings. The SMILES string of the molecule is C[C@H](CCC(=O)NCCS(=O)(=O)O)[C@H]1CC[C@@H]2[C@@H]3[C@@H](CC[C@@]21C)[C@@]1(C)CC[C@@H](O)C[C@H]1C[C@@H]3O. The summed E-state index contributed by atoms with van der Waals surface area (Å²) in [5.74, 6) is 2.10. The summed E-state index contributed by atoms with van der Waals surface area (Å²) in [7, 11) is -4.06. The van der Waals surface area contributed by atoms with E-state index in [2.05, 4.69) is 26.1 Å². The van der Waals surface area contributed by atoms with Crippen molar-refractivity contribution in [2.75, 3.05) is 12.3 Å². The number of hydrogen-bond acceptors (Lipinski definition) is 5. The van der Waals surface area contributed by atoms with Crippen molar-refractivity contribution >= 4 is 16.0 Å². The highest BCUT2D eigenvalue weighted by Crippen LogP contribution is 2.68. The third-order valence-corrected chi connectivity index (χ3v) is 11.6. The molecule has 1 amide bonds. The topological polar surface area (TPSA) is 124 Å². The maximum absolute atomic E-state index is 12.2. The Kier molecular flexibility index (Phi) is 7.47. The standard InChI is InChI=1S/C26H45NO6S/c1-16(4-7-23(30)27-12-13-34(31,32)33)19-5-6-20-24-21(9-11-26(19,20)3)25(2)10-8-18(28)14-17(25)15-22(24)29/h16-22,24,28-29H,4-15H2,1-3H3,(H,27,30)(H,31,32,33)/t16-,17+,18-,19-,20-,21-,22+,24-,25+,26-/m1/s1. The van der Waals surface area contributed by atoms with Crippen LogP contribution in [0.25, 0.3) is 0 Å². The minimum Gasteiger partial charge on any atom is -0.393 e. The summed E-state index contributed by atoms with van der Waals surface area (Å²) in [5, 5.41) is 24.2. The maximum atomic E-state index is 12.2. The molecule has 7 nitrogen and oxygen atoms in total. The molecule has 4 rings (SSSR count). The van der Waals surface area contributed by atoms with Crippen LogP contribution in [0.1, 0.15) is 85.0 Å². The van der Waals surface area contributed by atoms with E-state index >= 15 is 0 Å². The molecule has 4 aliphatic carbocycles. The Morgan fingerprint density at radius 1 is 1.03 bits per heavy atom. The van der Waals surface area contributed by atoms with Gasteiger partial charge in [-0.25, -0.2) is 0 Å². The Morgan fingerprint density at radius 3 is 2.41 bits per heavy atom. The van der Waals surface area contributed by atoms with Crippen LogP contribution in [0.5, 0.6) is 0 Å². The fourth-order valence-corrected chi connectivity index (χ4v) is 9.50. The van der Waals surface area contributed by atoms with E-state index in [1.165, 1.54) is 6.42 Å². The molecule has 4 N–H and O–H groups in total. The minimum atomic E-state index is -4.06. The zero-order chi connectivity index (χ0) is 24.9. The van der Waals surface area contributed by atoms with E-state index in [1.807, 2.05) is 0 Å². The summed E-state index contributed by atoms with van der Waals surface area (Å²) in [6, 6.07) is 0. The van der Waals surface area contributed by atoms with Gasteiger partial charge in [-0.3, -0.25) is 9.35 Å². The van der Waals surface area contributed by atoms with Crippen molar-refractivity contribution < 1.29 is 28.0 Å². The van der Waals surface area contributed by atoms with Gasteiger partial charge in [0.05, 0.1) is 18.0 Å². The fraction of sp³-hybridized carbons (Fsp3) is 0.962. The van der Waals surface area contributed by atoms with E-state index < -0.39 is 15.9 Å². The largest absolute Gasteiger partial charge is 0.393 e. The number of fused-ring (bicyclic) bond motifs is 5. The van der Waals surface area contributed by atoms with Crippen molar-refractivity contribution in [2.24, 2.45) is 46.3 Å². The quantitative estimate of drug-likeness (QED) is 0.398. The first-order chi connectivity index (χ1) is 15.8. The van der Waals surface area contributed by atoms with Crippen molar-refractivity contribution in [1.82, 2.24) is 5.32 Å². The average molecular weight is 500 g/mol. The summed E-state index contributed by atoms with van der Waals surface area (Å²) < 4.78 is 30.5. The van der Waals surface area contributed by atoms with Gasteiger partial charge in [0.2, 0.25) is 5.91 Å². The molecule has 196 valence electrons. The van der Waals surface area contributed by atoms with Gasteiger partial charge in [-0.15, -0.1) is 0 Å². The van der Waals surface area contributed by atoms with Crippen LogP contribution in [-0.2, 0) is 14.9 Å². The molecule has 0 spiro atoms. The Hall–Kier alpha value is -0.700. The second-order valence-electron chi connectivity index (χ2n) is 12.6. The lowest BCUT2D eigenvalue weighted by Gasteiger charge is -2.62. The van der Waals surface area contributed by atoms with E-state index in [9.17, 15) is 23.4 Å². The number of nitrogens with one attached hydrogen (secondary N) is 1. The maximum Gasteiger partial charge on any atom is 0.266 e. The minimum absolute atomic E-state index is 0.0625. The van der Waals surface area contributed by atoms with Gasteiger partial charge >= 0.3 is 0 Å². The molecule has 0 aromatic carbocycles. The normalized spacial score (nSPS) is 45.1. The van der Waals surface area contributed by atoms with Gasteiger partial charge in [0.1, 0.15) is 0 Å². The zero-order valence-electron chi connectivity index (χ0n) is 21.1. The molecule has 34 heavy (non-hydrogen) atoms. The molecule has 0 heterocycles. The van der Waals surface area contributed by atoms with Gasteiger partial charge in [0, 0.05) is 13.0 Å². The number of hydrogen-bond donors (Lipinski definition) is 4. The van der Waals surface area contributed by atoms with Gasteiger partial charge in [0.25, 0.3) is 10.1 Å². The first-order valence-electron chi connectivity index (χ1n) is 13.4. The van der Waals surface area contributed by atoms with Crippen LogP contribution >= 0.6 is 0 Å². The summed E-state index contributed by atoms with van der Waals surface area (Å²) in [6.07, 6.45) is 8.87. The van der Waals surface area contributed by atoms with E-state index in [1.54, 1.807) is 0 Å². The summed E-state index contributed by atoms with van der Waals surface area (Å²) >= 11 is 0. The summed E-state index contributed by atoms with van der Waals surface area (Å²) in [6.45, 7) is 7.05. The fourth-order valence-electron chi connectivity index (χ4n) is 9.14. The van der Waals surface area contributed by atoms with Crippen LogP contribution in [-0.4, -0.2) is 53.6 Å². The van der Waals surface area contributed by atoms with Crippen molar-refractivity contribution in [1.29, 1.82) is 0 Å². The first kappa shape index (κ1) is 26.4. The molecule has 0 aromatic heterocycles. The van der Waals surface area contributed by atoms with Gasteiger partial charge in [-0.05, 0) is 104 Å². The number of rotatable bonds is 7. The molecule has 0 saturated heterocycles. The lowest BCUT2D eigenvalue weighted by Crippen LogP contribution is -2.58. The highest BCUT2D eigenvalue weighted by molar-refractivity contribution is 7.85. The van der Waals surface area contributed by atoms with Crippen molar-refractivity contribution in [3.05, 3.63) is 0 Å². The second-order valence-corrected chi connectivity index (χ2v) is 14.2. The predicted molar refractivity (Wildman–Crippen MR) is 130 cm³/mol. The van der Waals surface area contributed by atoms with Crippen LogP contribution in [0.15, 0.2) is 0 Å². The second kappa shape index (κ2) is 9.64. The van der Waals surface area contributed by atoms with Crippen LogP contribution in [0.2, 0.25) is 0 Å². The van der Waals surface area contributed by atoms with Crippen LogP contribution in [0, 0.1) is 46.3 Å². The van der Waals surface area contributed by atoms with Crippen molar-refractivity contribution in [3.8, 4) is 0 Å². The third-order valence-electron chi connectivity index (χ3n) is 10.9. The Morgan fingerprint density at radius 2 is 1.71 bits per heavy atom. The van der Waals surface area contributed by atoms with E-state index in [0.29, 0.717) is 41.9 Å². The lowest BCUT2D eigenvalue weighted by molar-refractivity contribution is -0.174. The molecule has 0 unspecified atom stereocenters. The molecular weight excluding hydrogens is 454 g/mol. The predicted octanol–water partition coefficient (Wildman–Crippen LogP) is 3.40. The molecule has 10 atom stereocenters. The van der Waals surface area contributed by atoms with Crippen LogP contribution in [0.3, 0.4) is 0 Å². The van der Waals surface area contributed by atoms with Gasteiger partial charge in [-0.1, -0.05) is 20.8 Å². The first-order valence-corrected chi connectivity index (χ1v) is 15.0. The molecule has 0 radical (unpaired) electrons. The Balaban J connectivity index is 1.39. The van der Waals surface area contributed by atoms with Gasteiger partial charge < -0.3 is 15.5 Å². The number of aliphatic hydroxyl groups excluding tert-OH is 2. The van der Waals surface area contributed by atoms with Crippen LogP contribution < -0.4 is 5.32 Å². The van der Waals surface area contributed by atoms with E-state index in [-0.39, 0.29) is 35.5 Å². The molecule has 4 fully saturated rings. The summed E-state index contributed by atoms with van der Waals surface area (Å²) in [4.78, 5) is 12.2. The molecule has 4 saturated carbocycles. The number of carbonyl (C=O) groups excluding carboxylic acids is 1. The molecule has 8 heteroatoms. The van der Waals surface area contributed by atoms with Gasteiger partial charge in [0.15, 0.2) is 0 Å². The smallest absolute Gasteiger partial charge is 0.266 e. The summed E-state index contributed by atoms with van der Waals surface area (Å²) in [5.41, 5.74) is 0.411. The van der Waals surface area contributed by atoms with Crippen molar-refractivity contribution in [2.45, 2.75) is 97.2 Å². The Bertz CT molecular complexity index is 863. The Labute approximate surface area is 205 Å². The highest BCUT2D eigenvalue weighted by Gasteiger charge is 2.62. The monoisotopic (exact) mass is 499 g/mol. The number of carbonyl (C=O) groups is 1. The van der Waals surface area contributed by atoms with E-state index in [0.717, 1.165) is 51.4 Å². The van der Waals surface area contributed by atoms with Crippen molar-refractivity contribution in [3.63, 3.8) is 0 Å². The third kappa shape index (κ3) is 4.94. The molecule has 4 aliphatic rings. The lowest BCUT2D eigenvalue weighted by atomic mass is 9.43. The molecular formula is C26H45NO6S. The zero-order valence-corrected chi connectivity index (χ0v) is 21.9. The molecule has 0 aliphatic heterocycles. The van der Waals surface area contributed by atoms with E-state index in [4.69, 9.17) is 4.55 Å². The number of aliphatic hydroxyl groups is 2. The average Bonchev–Trinajstić information content (AvgIpc) is 3.09.